The summed E-state index contributed by atoms with van der Waals surface area (Å²) in [7, 11) is 3.56. The number of nitrogens with zero attached hydrogens (tertiary/aromatic N) is 5. The van der Waals surface area contributed by atoms with Crippen LogP contribution in [0.5, 0.6) is 5.88 Å². The quantitative estimate of drug-likeness (QED) is 0.426. The fourth-order valence-corrected chi connectivity index (χ4v) is 4.61. The first kappa shape index (κ1) is 21.9. The molecule has 8 nitrogen and oxygen atoms in total. The number of aliphatic imine (C=N–C) groups is 1. The number of hydrogen-bond acceptors (Lipinski definition) is 5. The van der Waals surface area contributed by atoms with Crippen molar-refractivity contribution in [2.45, 2.75) is 19.4 Å². The molecule has 1 aliphatic rings. The molecule has 174 valence electrons. The maximum absolute atomic E-state index is 11.6. The summed E-state index contributed by atoms with van der Waals surface area (Å²) < 4.78 is 3.32. The van der Waals surface area contributed by atoms with Crippen molar-refractivity contribution in [1.29, 1.82) is 0 Å². The van der Waals surface area contributed by atoms with Crippen LogP contribution in [0.4, 0.5) is 5.69 Å². The molecule has 2 aromatic heterocycles. The second-order valence-electron chi connectivity index (χ2n) is 8.81. The average molecular weight is 458 g/mol. The van der Waals surface area contributed by atoms with Crippen molar-refractivity contribution in [3.8, 4) is 5.88 Å². The van der Waals surface area contributed by atoms with Gasteiger partial charge in [0.25, 0.3) is 0 Å². The topological polar surface area (TPSA) is 95.9 Å². The van der Waals surface area contributed by atoms with E-state index in [0.717, 1.165) is 36.4 Å². The zero-order valence-corrected chi connectivity index (χ0v) is 19.3. The summed E-state index contributed by atoms with van der Waals surface area (Å²) in [5, 5.41) is 25.5. The lowest BCUT2D eigenvalue weighted by Gasteiger charge is -2.14. The molecule has 1 saturated heterocycles. The Balaban J connectivity index is 1.62. The highest BCUT2D eigenvalue weighted by Crippen LogP contribution is 2.34. The van der Waals surface area contributed by atoms with Crippen molar-refractivity contribution in [3.05, 3.63) is 77.1 Å². The Kier molecular flexibility index (Phi) is 5.67. The van der Waals surface area contributed by atoms with E-state index in [2.05, 4.69) is 22.1 Å². The second-order valence-corrected chi connectivity index (χ2v) is 8.81. The van der Waals surface area contributed by atoms with Gasteiger partial charge in [-0.2, -0.15) is 5.10 Å². The van der Waals surface area contributed by atoms with Crippen molar-refractivity contribution in [2.24, 2.45) is 19.1 Å². The summed E-state index contributed by atoms with van der Waals surface area (Å²) in [6.07, 6.45) is 6.05. The molecule has 5 rings (SSSR count). The Morgan fingerprint density at radius 2 is 1.79 bits per heavy atom. The fourth-order valence-electron chi connectivity index (χ4n) is 4.61. The maximum atomic E-state index is 11.6. The largest absolute Gasteiger partial charge is 0.494 e. The first-order chi connectivity index (χ1) is 16.4. The standard InChI is InChI=1S/C26H27N5O3/c1-29-16-19(14-27-29)24(28-20-8-5-17(6-9-20)15-31-11-3-4-12-31)23-21-13-18(26(33)34)7-10-22(21)30(2)25(23)32/h5-10,13-14,16,32H,3-4,11-12,15H2,1-2H3,(H,33,34). The number of benzene rings is 2. The van der Waals surface area contributed by atoms with Gasteiger partial charge in [-0.3, -0.25) is 9.58 Å². The third kappa shape index (κ3) is 4.08. The molecule has 0 amide bonds. The van der Waals surface area contributed by atoms with Crippen LogP contribution in [0.2, 0.25) is 0 Å². The van der Waals surface area contributed by atoms with Crippen LogP contribution in [-0.4, -0.2) is 54.2 Å². The van der Waals surface area contributed by atoms with Gasteiger partial charge in [0, 0.05) is 37.8 Å². The van der Waals surface area contributed by atoms with E-state index in [9.17, 15) is 15.0 Å². The Hall–Kier alpha value is -3.91. The first-order valence-electron chi connectivity index (χ1n) is 11.3. The van der Waals surface area contributed by atoms with Crippen LogP contribution in [0.1, 0.15) is 39.9 Å². The highest BCUT2D eigenvalue weighted by Gasteiger charge is 2.23. The maximum Gasteiger partial charge on any atom is 0.335 e. The number of aromatic nitrogens is 3. The van der Waals surface area contributed by atoms with Crippen LogP contribution in [0.25, 0.3) is 10.9 Å². The predicted molar refractivity (Wildman–Crippen MR) is 131 cm³/mol. The molecule has 1 aliphatic heterocycles. The molecule has 1 fully saturated rings. The molecule has 0 spiro atoms. The highest BCUT2D eigenvalue weighted by atomic mass is 16.4. The lowest BCUT2D eigenvalue weighted by molar-refractivity contribution is 0.0697. The third-order valence-corrected chi connectivity index (χ3v) is 6.41. The van der Waals surface area contributed by atoms with Gasteiger partial charge in [-0.1, -0.05) is 12.1 Å². The summed E-state index contributed by atoms with van der Waals surface area (Å²) >= 11 is 0. The van der Waals surface area contributed by atoms with E-state index >= 15 is 0 Å². The van der Waals surface area contributed by atoms with Crippen LogP contribution in [0.3, 0.4) is 0 Å². The molecule has 3 heterocycles. The SMILES string of the molecule is Cn1cc(C(=Nc2ccc(CN3CCCC3)cc2)c2c(O)n(C)c3ccc(C(=O)O)cc23)cn1. The van der Waals surface area contributed by atoms with E-state index in [1.165, 1.54) is 24.5 Å². The first-order valence-corrected chi connectivity index (χ1v) is 11.3. The molecule has 4 aromatic rings. The molecule has 8 heteroatoms. The summed E-state index contributed by atoms with van der Waals surface area (Å²) in [6.45, 7) is 3.22. The number of carbonyl (C=O) groups is 1. The van der Waals surface area contributed by atoms with Crippen LogP contribution >= 0.6 is 0 Å². The molecule has 2 N–H and O–H groups in total. The van der Waals surface area contributed by atoms with Crippen LogP contribution in [-0.2, 0) is 20.6 Å². The summed E-state index contributed by atoms with van der Waals surface area (Å²) in [5.41, 5.74) is 4.59. The molecule has 0 saturated carbocycles. The second kappa shape index (κ2) is 8.79. The molecule has 2 aromatic carbocycles. The Morgan fingerprint density at radius 3 is 2.44 bits per heavy atom. The molecular formula is C26H27N5O3. The van der Waals surface area contributed by atoms with Crippen molar-refractivity contribution < 1.29 is 15.0 Å². The smallest absolute Gasteiger partial charge is 0.335 e. The van der Waals surface area contributed by atoms with Gasteiger partial charge in [-0.25, -0.2) is 9.79 Å². The van der Waals surface area contributed by atoms with Crippen LogP contribution < -0.4 is 0 Å². The minimum atomic E-state index is -1.02. The van der Waals surface area contributed by atoms with Crippen molar-refractivity contribution in [1.82, 2.24) is 19.2 Å². The summed E-state index contributed by atoms with van der Waals surface area (Å²) in [5.74, 6) is -1.00. The number of aromatic carboxylic acids is 1. The molecule has 0 aliphatic carbocycles. The fraction of sp³-hybridized carbons (Fsp3) is 0.269. The molecule has 34 heavy (non-hydrogen) atoms. The van der Waals surface area contributed by atoms with Crippen LogP contribution in [0, 0.1) is 0 Å². The minimum absolute atomic E-state index is 0.0193. The number of aromatic hydroxyl groups is 1. The van der Waals surface area contributed by atoms with Gasteiger partial charge in [0.05, 0.1) is 34.2 Å². The van der Waals surface area contributed by atoms with Gasteiger partial charge >= 0.3 is 5.97 Å². The van der Waals surface area contributed by atoms with Crippen molar-refractivity contribution >= 4 is 28.3 Å². The van der Waals surface area contributed by atoms with Crippen molar-refractivity contribution in [2.75, 3.05) is 13.1 Å². The summed E-state index contributed by atoms with van der Waals surface area (Å²) in [6, 6.07) is 13.0. The van der Waals surface area contributed by atoms with Crippen molar-refractivity contribution in [3.63, 3.8) is 0 Å². The molecule has 0 radical (unpaired) electrons. The Morgan fingerprint density at radius 1 is 1.06 bits per heavy atom. The molecular weight excluding hydrogens is 430 g/mol. The number of hydrogen-bond donors (Lipinski definition) is 2. The van der Waals surface area contributed by atoms with Gasteiger partial charge in [-0.05, 0) is 61.8 Å². The zero-order chi connectivity index (χ0) is 23.8. The van der Waals surface area contributed by atoms with Gasteiger partial charge < -0.3 is 14.8 Å². The van der Waals surface area contributed by atoms with E-state index in [4.69, 9.17) is 4.99 Å². The zero-order valence-electron chi connectivity index (χ0n) is 19.3. The van der Waals surface area contributed by atoms with Gasteiger partial charge in [-0.15, -0.1) is 0 Å². The monoisotopic (exact) mass is 457 g/mol. The van der Waals surface area contributed by atoms with Gasteiger partial charge in [0.15, 0.2) is 0 Å². The Bertz CT molecular complexity index is 1390. The summed E-state index contributed by atoms with van der Waals surface area (Å²) in [4.78, 5) is 19.0. The van der Waals surface area contributed by atoms with E-state index in [1.54, 1.807) is 34.6 Å². The Labute approximate surface area is 197 Å². The average Bonchev–Trinajstić information content (AvgIpc) is 3.55. The van der Waals surface area contributed by atoms with E-state index in [-0.39, 0.29) is 11.4 Å². The number of fused-ring (bicyclic) bond motifs is 1. The lowest BCUT2D eigenvalue weighted by Crippen LogP contribution is -2.18. The predicted octanol–water partition coefficient (Wildman–Crippen LogP) is 4.08. The van der Waals surface area contributed by atoms with E-state index < -0.39 is 5.97 Å². The molecule has 0 atom stereocenters. The highest BCUT2D eigenvalue weighted by molar-refractivity contribution is 6.22. The number of rotatable bonds is 6. The van der Waals surface area contributed by atoms with Crippen LogP contribution in [0.15, 0.2) is 59.9 Å². The van der Waals surface area contributed by atoms with E-state index in [0.29, 0.717) is 16.7 Å². The van der Waals surface area contributed by atoms with Gasteiger partial charge in [0.1, 0.15) is 0 Å². The minimum Gasteiger partial charge on any atom is -0.494 e. The molecule has 0 unspecified atom stereocenters. The van der Waals surface area contributed by atoms with Gasteiger partial charge in [0.2, 0.25) is 5.88 Å². The number of likely N-dealkylation sites (tertiary alicyclic amines) is 1. The third-order valence-electron chi connectivity index (χ3n) is 6.41. The number of aryl methyl sites for hydroxylation is 2. The molecule has 0 bridgehead atoms. The van der Waals surface area contributed by atoms with E-state index in [1.807, 2.05) is 25.4 Å². The lowest BCUT2D eigenvalue weighted by atomic mass is 10.0. The number of carboxylic acid groups (broad SMARTS) is 1. The number of carboxylic acids is 1. The normalized spacial score (nSPS) is 14.8.